The van der Waals surface area contributed by atoms with E-state index >= 15 is 0 Å². The van der Waals surface area contributed by atoms with Gasteiger partial charge in [0.25, 0.3) is 11.8 Å². The number of ether oxygens (including phenoxy) is 2. The lowest BCUT2D eigenvalue weighted by molar-refractivity contribution is -0.129. The molecule has 2 rings (SSSR count). The van der Waals surface area contributed by atoms with Gasteiger partial charge >= 0.3 is 0 Å². The fraction of sp³-hybridized carbons (Fsp3) is 0.300. The third-order valence-electron chi connectivity index (χ3n) is 3.57. The third-order valence-corrected chi connectivity index (χ3v) is 3.57. The molecule has 26 heavy (non-hydrogen) atoms. The van der Waals surface area contributed by atoms with Crippen LogP contribution in [0.4, 0.5) is 0 Å². The molecule has 0 heterocycles. The smallest absolute Gasteiger partial charge is 0.260 e. The molecule has 0 fully saturated rings. The summed E-state index contributed by atoms with van der Waals surface area (Å²) in [6.07, 6.45) is -1.23. The highest BCUT2D eigenvalue weighted by molar-refractivity contribution is 5.81. The highest BCUT2D eigenvalue weighted by Gasteiger charge is 2.16. The number of rotatable bonds is 9. The highest BCUT2D eigenvalue weighted by atomic mass is 16.5. The maximum Gasteiger partial charge on any atom is 0.260 e. The van der Waals surface area contributed by atoms with Gasteiger partial charge in [-0.3, -0.25) is 9.59 Å². The zero-order chi connectivity index (χ0) is 18.8. The molecule has 0 saturated carbocycles. The van der Waals surface area contributed by atoms with Crippen LogP contribution < -0.4 is 20.1 Å². The fourth-order valence-electron chi connectivity index (χ4n) is 2.17. The zero-order valence-electron chi connectivity index (χ0n) is 15.0. The van der Waals surface area contributed by atoms with Crippen LogP contribution in [0.5, 0.6) is 11.5 Å². The van der Waals surface area contributed by atoms with Crippen LogP contribution in [-0.4, -0.2) is 37.1 Å². The summed E-state index contributed by atoms with van der Waals surface area (Å²) < 4.78 is 11.1. The monoisotopic (exact) mass is 356 g/mol. The molecule has 2 aromatic rings. The van der Waals surface area contributed by atoms with Crippen molar-refractivity contribution in [1.29, 1.82) is 0 Å². The Labute approximate surface area is 153 Å². The van der Waals surface area contributed by atoms with E-state index in [9.17, 15) is 9.59 Å². The van der Waals surface area contributed by atoms with Gasteiger partial charge in [0.05, 0.1) is 0 Å². The van der Waals surface area contributed by atoms with E-state index in [1.165, 1.54) is 0 Å². The predicted octanol–water partition coefficient (Wildman–Crippen LogP) is 2.15. The number of nitrogens with one attached hydrogen (secondary N) is 2. The first-order valence-electron chi connectivity index (χ1n) is 8.55. The topological polar surface area (TPSA) is 76.7 Å². The van der Waals surface area contributed by atoms with Crippen LogP contribution in [0.2, 0.25) is 0 Å². The Balaban J connectivity index is 1.64. The zero-order valence-corrected chi connectivity index (χ0v) is 15.0. The van der Waals surface area contributed by atoms with Crippen LogP contribution in [0, 0.1) is 0 Å². The molecule has 138 valence electrons. The van der Waals surface area contributed by atoms with Crippen LogP contribution >= 0.6 is 0 Å². The number of hydrogen-bond acceptors (Lipinski definition) is 4. The Kier molecular flexibility index (Phi) is 7.49. The summed E-state index contributed by atoms with van der Waals surface area (Å²) in [6.45, 7) is 3.98. The number of carbonyl (C=O) groups is 2. The summed E-state index contributed by atoms with van der Waals surface area (Å²) in [5.41, 5.74) is 0. The fourth-order valence-corrected chi connectivity index (χ4v) is 2.17. The summed E-state index contributed by atoms with van der Waals surface area (Å²) in [4.78, 5) is 24.0. The standard InChI is InChI=1S/C20H24N2O4/c1-15(25-17-9-5-3-6-10-17)19(23)21-13-14-22-20(24)16(2)26-18-11-7-4-8-12-18/h3-12,15-16H,13-14H2,1-2H3,(H,21,23)(H,22,24). The van der Waals surface area contributed by atoms with E-state index in [0.717, 1.165) is 0 Å². The highest BCUT2D eigenvalue weighted by Crippen LogP contribution is 2.11. The second kappa shape index (κ2) is 10.1. The number of para-hydroxylation sites is 2. The van der Waals surface area contributed by atoms with Crippen molar-refractivity contribution in [3.05, 3.63) is 60.7 Å². The largest absolute Gasteiger partial charge is 0.481 e. The third kappa shape index (κ3) is 6.47. The van der Waals surface area contributed by atoms with Crippen LogP contribution in [-0.2, 0) is 9.59 Å². The molecule has 0 spiro atoms. The van der Waals surface area contributed by atoms with E-state index in [-0.39, 0.29) is 11.8 Å². The second-order valence-corrected chi connectivity index (χ2v) is 5.73. The van der Waals surface area contributed by atoms with Gasteiger partial charge in [-0.15, -0.1) is 0 Å². The summed E-state index contributed by atoms with van der Waals surface area (Å²) in [7, 11) is 0. The summed E-state index contributed by atoms with van der Waals surface area (Å²) >= 11 is 0. The molecule has 2 atom stereocenters. The molecular weight excluding hydrogens is 332 g/mol. The Hall–Kier alpha value is -3.02. The van der Waals surface area contributed by atoms with Crippen molar-refractivity contribution in [2.24, 2.45) is 0 Å². The maximum atomic E-state index is 12.0. The molecule has 0 aliphatic carbocycles. The molecule has 6 nitrogen and oxygen atoms in total. The number of carbonyl (C=O) groups excluding carboxylic acids is 2. The summed E-state index contributed by atoms with van der Waals surface area (Å²) in [6, 6.07) is 18.3. The van der Waals surface area contributed by atoms with Gasteiger partial charge < -0.3 is 20.1 Å². The molecule has 0 aromatic heterocycles. The first-order chi connectivity index (χ1) is 12.6. The molecule has 6 heteroatoms. The Morgan fingerprint density at radius 3 is 1.42 bits per heavy atom. The minimum absolute atomic E-state index is 0.239. The molecule has 2 unspecified atom stereocenters. The van der Waals surface area contributed by atoms with Gasteiger partial charge in [0.15, 0.2) is 12.2 Å². The Morgan fingerprint density at radius 2 is 1.08 bits per heavy atom. The SMILES string of the molecule is CC(Oc1ccccc1)C(=O)NCCNC(=O)C(C)Oc1ccccc1. The van der Waals surface area contributed by atoms with Crippen LogP contribution in [0.25, 0.3) is 0 Å². The van der Waals surface area contributed by atoms with Crippen molar-refractivity contribution in [2.75, 3.05) is 13.1 Å². The van der Waals surface area contributed by atoms with Gasteiger partial charge in [0.1, 0.15) is 11.5 Å². The molecule has 0 saturated heterocycles. The predicted molar refractivity (Wildman–Crippen MR) is 99.1 cm³/mol. The Bertz CT molecular complexity index is 630. The maximum absolute atomic E-state index is 12.0. The van der Waals surface area contributed by atoms with Crippen LogP contribution in [0.15, 0.2) is 60.7 Å². The van der Waals surface area contributed by atoms with Crippen molar-refractivity contribution in [1.82, 2.24) is 10.6 Å². The lowest BCUT2D eigenvalue weighted by atomic mass is 10.3. The van der Waals surface area contributed by atoms with Crippen molar-refractivity contribution >= 4 is 11.8 Å². The van der Waals surface area contributed by atoms with Crippen molar-refractivity contribution in [3.8, 4) is 11.5 Å². The van der Waals surface area contributed by atoms with E-state index in [1.807, 2.05) is 36.4 Å². The van der Waals surface area contributed by atoms with Gasteiger partial charge in [0.2, 0.25) is 0 Å². The first-order valence-corrected chi connectivity index (χ1v) is 8.55. The lowest BCUT2D eigenvalue weighted by Gasteiger charge is -2.16. The van der Waals surface area contributed by atoms with E-state index < -0.39 is 12.2 Å². The average molecular weight is 356 g/mol. The number of hydrogen-bond donors (Lipinski definition) is 2. The van der Waals surface area contributed by atoms with Gasteiger partial charge in [-0.05, 0) is 38.1 Å². The molecule has 2 amide bonds. The minimum atomic E-state index is -0.617. The molecule has 0 aliphatic rings. The number of benzene rings is 2. The van der Waals surface area contributed by atoms with Crippen molar-refractivity contribution in [3.63, 3.8) is 0 Å². The minimum Gasteiger partial charge on any atom is -0.481 e. The van der Waals surface area contributed by atoms with Crippen molar-refractivity contribution in [2.45, 2.75) is 26.1 Å². The molecule has 0 bridgehead atoms. The van der Waals surface area contributed by atoms with E-state index in [1.54, 1.807) is 38.1 Å². The average Bonchev–Trinajstić information content (AvgIpc) is 2.66. The van der Waals surface area contributed by atoms with Gasteiger partial charge in [0, 0.05) is 13.1 Å². The van der Waals surface area contributed by atoms with Crippen LogP contribution in [0.1, 0.15) is 13.8 Å². The van der Waals surface area contributed by atoms with E-state index in [4.69, 9.17) is 9.47 Å². The lowest BCUT2D eigenvalue weighted by Crippen LogP contribution is -2.43. The number of amides is 2. The first kappa shape index (κ1) is 19.3. The molecule has 2 aromatic carbocycles. The summed E-state index contributed by atoms with van der Waals surface area (Å²) in [5.74, 6) is 0.791. The summed E-state index contributed by atoms with van der Waals surface area (Å²) in [5, 5.41) is 5.45. The van der Waals surface area contributed by atoms with Crippen molar-refractivity contribution < 1.29 is 19.1 Å². The molecule has 0 aliphatic heterocycles. The second-order valence-electron chi connectivity index (χ2n) is 5.73. The van der Waals surface area contributed by atoms with Gasteiger partial charge in [-0.25, -0.2) is 0 Å². The molecule has 0 radical (unpaired) electrons. The molecule has 2 N–H and O–H groups in total. The Morgan fingerprint density at radius 1 is 0.731 bits per heavy atom. The van der Waals surface area contributed by atoms with Gasteiger partial charge in [-0.2, -0.15) is 0 Å². The van der Waals surface area contributed by atoms with E-state index in [0.29, 0.717) is 24.6 Å². The van der Waals surface area contributed by atoms with Gasteiger partial charge in [-0.1, -0.05) is 36.4 Å². The normalized spacial score (nSPS) is 12.5. The quantitative estimate of drug-likeness (QED) is 0.675. The molecular formula is C20H24N2O4. The van der Waals surface area contributed by atoms with E-state index in [2.05, 4.69) is 10.6 Å². The van der Waals surface area contributed by atoms with Crippen LogP contribution in [0.3, 0.4) is 0 Å².